The van der Waals surface area contributed by atoms with Gasteiger partial charge in [-0.3, -0.25) is 19.4 Å². The first-order valence-electron chi connectivity index (χ1n) is 5.97. The molecule has 0 N–H and O–H groups in total. The number of benzene rings is 2. The molecule has 0 fully saturated rings. The molecule has 0 saturated carbocycles. The molecule has 4 nitrogen and oxygen atoms in total. The van der Waals surface area contributed by atoms with Gasteiger partial charge < -0.3 is 0 Å². The first-order chi connectivity index (χ1) is 9.67. The SMILES string of the molecule is Cc1cccc([C]=O)c1OOc1c(C)cccc1[C]=O. The van der Waals surface area contributed by atoms with E-state index < -0.39 is 0 Å². The third kappa shape index (κ3) is 2.69. The standard InChI is InChI=1S/C16H12O4/c1-11-5-3-7-13(9-17)15(11)19-20-16-12(2)6-4-8-14(16)10-18/h3-8H,1-2H3. The molecule has 0 amide bonds. The summed E-state index contributed by atoms with van der Waals surface area (Å²) in [5, 5.41) is 0. The number of carbonyl (C=O) groups excluding carboxylic acids is 2. The van der Waals surface area contributed by atoms with E-state index in [0.29, 0.717) is 0 Å². The van der Waals surface area contributed by atoms with Crippen LogP contribution in [0.15, 0.2) is 36.4 Å². The lowest BCUT2D eigenvalue weighted by Gasteiger charge is -2.12. The van der Waals surface area contributed by atoms with E-state index in [4.69, 9.17) is 9.78 Å². The Morgan fingerprint density at radius 2 is 1.15 bits per heavy atom. The predicted molar refractivity (Wildman–Crippen MR) is 73.2 cm³/mol. The van der Waals surface area contributed by atoms with Crippen molar-refractivity contribution in [2.24, 2.45) is 0 Å². The summed E-state index contributed by atoms with van der Waals surface area (Å²) in [6.07, 6.45) is 3.57. The van der Waals surface area contributed by atoms with E-state index in [-0.39, 0.29) is 22.6 Å². The number of hydrogen-bond acceptors (Lipinski definition) is 4. The molecule has 0 aliphatic rings. The Balaban J connectivity index is 2.30. The van der Waals surface area contributed by atoms with Crippen molar-refractivity contribution in [3.05, 3.63) is 58.7 Å². The molecule has 0 aliphatic heterocycles. The Bertz CT molecular complexity index is 589. The molecule has 0 aromatic heterocycles. The van der Waals surface area contributed by atoms with E-state index in [1.165, 1.54) is 0 Å². The third-order valence-corrected chi connectivity index (χ3v) is 2.85. The zero-order chi connectivity index (χ0) is 14.5. The van der Waals surface area contributed by atoms with Gasteiger partial charge in [-0.25, -0.2) is 0 Å². The Kier molecular flexibility index (Phi) is 4.15. The summed E-state index contributed by atoms with van der Waals surface area (Å²) in [6.45, 7) is 3.56. The first kappa shape index (κ1) is 13.8. The molecule has 0 spiro atoms. The summed E-state index contributed by atoms with van der Waals surface area (Å²) in [4.78, 5) is 32.2. The van der Waals surface area contributed by atoms with Gasteiger partial charge in [0.25, 0.3) is 0 Å². The van der Waals surface area contributed by atoms with Gasteiger partial charge in [0.05, 0.1) is 11.1 Å². The van der Waals surface area contributed by atoms with Crippen molar-refractivity contribution in [3.63, 3.8) is 0 Å². The molecule has 0 atom stereocenters. The van der Waals surface area contributed by atoms with Crippen LogP contribution in [0.5, 0.6) is 11.5 Å². The van der Waals surface area contributed by atoms with Crippen LogP contribution < -0.4 is 9.78 Å². The van der Waals surface area contributed by atoms with Gasteiger partial charge in [0.1, 0.15) is 0 Å². The fourth-order valence-electron chi connectivity index (χ4n) is 1.77. The maximum absolute atomic E-state index is 10.9. The monoisotopic (exact) mass is 268 g/mol. The van der Waals surface area contributed by atoms with Gasteiger partial charge >= 0.3 is 0 Å². The van der Waals surface area contributed by atoms with Gasteiger partial charge in [-0.05, 0) is 37.1 Å². The molecule has 0 saturated heterocycles. The van der Waals surface area contributed by atoms with Gasteiger partial charge in [0.2, 0.25) is 12.6 Å². The smallest absolute Gasteiger partial charge is 0.237 e. The zero-order valence-electron chi connectivity index (χ0n) is 11.1. The molecular weight excluding hydrogens is 256 g/mol. The van der Waals surface area contributed by atoms with Gasteiger partial charge in [0.15, 0.2) is 11.5 Å². The molecule has 100 valence electrons. The Labute approximate surface area is 116 Å². The highest BCUT2D eigenvalue weighted by molar-refractivity contribution is 5.81. The van der Waals surface area contributed by atoms with Crippen LogP contribution in [0.1, 0.15) is 22.3 Å². The summed E-state index contributed by atoms with van der Waals surface area (Å²) in [5.41, 5.74) is 1.98. The van der Waals surface area contributed by atoms with Crippen molar-refractivity contribution in [3.8, 4) is 11.5 Å². The number of para-hydroxylation sites is 2. The summed E-state index contributed by atoms with van der Waals surface area (Å²) >= 11 is 0. The normalized spacial score (nSPS) is 9.90. The van der Waals surface area contributed by atoms with E-state index in [2.05, 4.69) is 0 Å². The highest BCUT2D eigenvalue weighted by atomic mass is 17.2. The van der Waals surface area contributed by atoms with Crippen LogP contribution in [0, 0.1) is 13.8 Å². The largest absolute Gasteiger partial charge is 0.289 e. The minimum atomic E-state index is 0.259. The lowest BCUT2D eigenvalue weighted by Crippen LogP contribution is -2.07. The average molecular weight is 268 g/mol. The minimum Gasteiger partial charge on any atom is -0.289 e. The number of hydrogen-bond donors (Lipinski definition) is 0. The van der Waals surface area contributed by atoms with Crippen molar-refractivity contribution in [2.45, 2.75) is 13.8 Å². The molecule has 2 aromatic rings. The summed E-state index contributed by atoms with van der Waals surface area (Å²) in [7, 11) is 0. The molecule has 2 rings (SSSR count). The van der Waals surface area contributed by atoms with Crippen LogP contribution in [0.2, 0.25) is 0 Å². The lowest BCUT2D eigenvalue weighted by molar-refractivity contribution is -0.101. The second kappa shape index (κ2) is 6.02. The molecule has 0 bridgehead atoms. The lowest BCUT2D eigenvalue weighted by atomic mass is 10.1. The Morgan fingerprint density at radius 3 is 1.50 bits per heavy atom. The van der Waals surface area contributed by atoms with Crippen molar-refractivity contribution in [1.82, 2.24) is 0 Å². The van der Waals surface area contributed by atoms with Crippen LogP contribution in [-0.2, 0) is 9.59 Å². The summed E-state index contributed by atoms with van der Waals surface area (Å²) < 4.78 is 0. The van der Waals surface area contributed by atoms with E-state index in [0.717, 1.165) is 11.1 Å². The maximum atomic E-state index is 10.9. The summed E-state index contributed by atoms with van der Waals surface area (Å²) in [5.74, 6) is 0.560. The molecule has 0 unspecified atom stereocenters. The second-order valence-corrected chi connectivity index (χ2v) is 4.27. The van der Waals surface area contributed by atoms with Crippen molar-refractivity contribution >= 4 is 12.6 Å². The average Bonchev–Trinajstić information content (AvgIpc) is 2.46. The van der Waals surface area contributed by atoms with E-state index >= 15 is 0 Å². The van der Waals surface area contributed by atoms with Gasteiger partial charge in [0, 0.05) is 0 Å². The molecular formula is C16H12O4. The highest BCUT2D eigenvalue weighted by Crippen LogP contribution is 2.26. The zero-order valence-corrected chi connectivity index (χ0v) is 11.1. The van der Waals surface area contributed by atoms with Crippen molar-refractivity contribution in [1.29, 1.82) is 0 Å². The Hall–Kier alpha value is -2.62. The Morgan fingerprint density at radius 1 is 0.750 bits per heavy atom. The molecule has 20 heavy (non-hydrogen) atoms. The first-order valence-corrected chi connectivity index (χ1v) is 5.97. The predicted octanol–water partition coefficient (Wildman–Crippen LogP) is 2.59. The van der Waals surface area contributed by atoms with E-state index in [1.807, 2.05) is 0 Å². The summed E-state index contributed by atoms with van der Waals surface area (Å²) in [6, 6.07) is 10.2. The fraction of sp³-hybridized carbons (Fsp3) is 0.125. The molecule has 0 aliphatic carbocycles. The highest BCUT2D eigenvalue weighted by Gasteiger charge is 2.13. The van der Waals surface area contributed by atoms with Crippen molar-refractivity contribution < 1.29 is 19.4 Å². The van der Waals surface area contributed by atoms with Gasteiger partial charge in [-0.1, -0.05) is 24.3 Å². The van der Waals surface area contributed by atoms with Crippen molar-refractivity contribution in [2.75, 3.05) is 0 Å². The fourth-order valence-corrected chi connectivity index (χ4v) is 1.77. The van der Waals surface area contributed by atoms with Crippen LogP contribution in [0.25, 0.3) is 0 Å². The van der Waals surface area contributed by atoms with Gasteiger partial charge in [-0.15, -0.1) is 0 Å². The second-order valence-electron chi connectivity index (χ2n) is 4.27. The van der Waals surface area contributed by atoms with Crippen LogP contribution >= 0.6 is 0 Å². The quantitative estimate of drug-likeness (QED) is 0.618. The molecule has 2 radical (unpaired) electrons. The topological polar surface area (TPSA) is 52.6 Å². The minimum absolute atomic E-state index is 0.259. The van der Waals surface area contributed by atoms with Crippen LogP contribution in [-0.4, -0.2) is 12.6 Å². The molecule has 0 heterocycles. The van der Waals surface area contributed by atoms with Crippen LogP contribution in [0.4, 0.5) is 0 Å². The number of rotatable bonds is 5. The maximum Gasteiger partial charge on any atom is 0.237 e. The molecule has 2 aromatic carbocycles. The van der Waals surface area contributed by atoms with Gasteiger partial charge in [-0.2, -0.15) is 0 Å². The van der Waals surface area contributed by atoms with E-state index in [1.54, 1.807) is 62.8 Å². The van der Waals surface area contributed by atoms with Crippen LogP contribution in [0.3, 0.4) is 0 Å². The molecule has 4 heteroatoms. The third-order valence-electron chi connectivity index (χ3n) is 2.85. The number of aryl methyl sites for hydroxylation is 2. The van der Waals surface area contributed by atoms with E-state index in [9.17, 15) is 9.59 Å².